The lowest BCUT2D eigenvalue weighted by Gasteiger charge is -2.05. The van der Waals surface area contributed by atoms with Gasteiger partial charge in [0.2, 0.25) is 0 Å². The van der Waals surface area contributed by atoms with E-state index >= 15 is 0 Å². The van der Waals surface area contributed by atoms with Gasteiger partial charge in [-0.2, -0.15) is 5.10 Å². The van der Waals surface area contributed by atoms with Crippen LogP contribution in [0, 0.1) is 0 Å². The van der Waals surface area contributed by atoms with E-state index in [1.807, 2.05) is 42.8 Å². The Morgan fingerprint density at radius 3 is 2.90 bits per heavy atom. The number of rotatable bonds is 8. The van der Waals surface area contributed by atoms with Crippen molar-refractivity contribution in [2.75, 3.05) is 12.4 Å². The largest absolute Gasteiger partial charge is 0.504 e. The molecule has 0 fully saturated rings. The lowest BCUT2D eigenvalue weighted by molar-refractivity contribution is -0.118. The van der Waals surface area contributed by atoms with Crippen molar-refractivity contribution in [1.82, 2.24) is 20.2 Å². The highest BCUT2D eigenvalue weighted by Gasteiger charge is 2.13. The first-order valence-corrected chi connectivity index (χ1v) is 10.8. The fourth-order valence-electron chi connectivity index (χ4n) is 2.55. The summed E-state index contributed by atoms with van der Waals surface area (Å²) in [7, 11) is 1.85. The first-order chi connectivity index (χ1) is 14.5. The van der Waals surface area contributed by atoms with Crippen LogP contribution in [0.5, 0.6) is 11.5 Å². The second kappa shape index (κ2) is 10.3. The molecule has 0 atom stereocenters. The van der Waals surface area contributed by atoms with Gasteiger partial charge in [-0.15, -0.1) is 10.2 Å². The number of nitrogens with zero attached hydrogens (tertiary/aromatic N) is 4. The quantitative estimate of drug-likeness (QED) is 0.284. The molecule has 1 amide bonds. The van der Waals surface area contributed by atoms with Gasteiger partial charge < -0.3 is 14.4 Å². The SMILES string of the molecule is CCOc1ccc(C=NNC(=O)CSc2nnc(-c3cccc(Br)c3)n2C)cc1O. The maximum absolute atomic E-state index is 12.1. The average molecular weight is 490 g/mol. The van der Waals surface area contributed by atoms with Gasteiger partial charge in [0, 0.05) is 17.1 Å². The minimum atomic E-state index is -0.279. The van der Waals surface area contributed by atoms with Crippen molar-refractivity contribution in [3.63, 3.8) is 0 Å². The molecule has 0 aliphatic heterocycles. The zero-order valence-electron chi connectivity index (χ0n) is 16.4. The molecule has 156 valence electrons. The molecule has 0 aliphatic rings. The van der Waals surface area contributed by atoms with Crippen LogP contribution in [0.2, 0.25) is 0 Å². The molecule has 30 heavy (non-hydrogen) atoms. The summed E-state index contributed by atoms with van der Waals surface area (Å²) in [5.74, 6) is 0.995. The predicted molar refractivity (Wildman–Crippen MR) is 120 cm³/mol. The second-order valence-corrected chi connectivity index (χ2v) is 7.98. The van der Waals surface area contributed by atoms with Gasteiger partial charge in [0.05, 0.1) is 18.6 Å². The van der Waals surface area contributed by atoms with E-state index in [4.69, 9.17) is 4.74 Å². The van der Waals surface area contributed by atoms with Gasteiger partial charge in [-0.3, -0.25) is 4.79 Å². The summed E-state index contributed by atoms with van der Waals surface area (Å²) in [6.07, 6.45) is 1.45. The molecule has 0 saturated carbocycles. The molecule has 0 bridgehead atoms. The number of ether oxygens (including phenoxy) is 1. The molecule has 0 spiro atoms. The Hall–Kier alpha value is -2.85. The van der Waals surface area contributed by atoms with E-state index < -0.39 is 0 Å². The molecule has 0 unspecified atom stereocenters. The highest BCUT2D eigenvalue weighted by atomic mass is 79.9. The number of phenols is 1. The number of halogens is 1. The van der Waals surface area contributed by atoms with Crippen molar-refractivity contribution in [2.24, 2.45) is 12.1 Å². The number of thioether (sulfide) groups is 1. The molecule has 3 rings (SSSR count). The van der Waals surface area contributed by atoms with Crippen LogP contribution in [0.1, 0.15) is 12.5 Å². The van der Waals surface area contributed by atoms with Crippen LogP contribution in [0.15, 0.2) is 57.2 Å². The summed E-state index contributed by atoms with van der Waals surface area (Å²) in [5, 5.41) is 22.8. The zero-order chi connectivity index (χ0) is 21.5. The Kier molecular flexibility index (Phi) is 7.47. The molecule has 1 heterocycles. The Morgan fingerprint density at radius 1 is 1.33 bits per heavy atom. The van der Waals surface area contributed by atoms with Gasteiger partial charge in [0.1, 0.15) is 0 Å². The maximum atomic E-state index is 12.1. The van der Waals surface area contributed by atoms with Crippen LogP contribution in [-0.4, -0.2) is 44.4 Å². The van der Waals surface area contributed by atoms with E-state index in [0.717, 1.165) is 10.0 Å². The third-order valence-corrected chi connectivity index (χ3v) is 5.45. The normalized spacial score (nSPS) is 11.0. The van der Waals surface area contributed by atoms with Crippen LogP contribution < -0.4 is 10.2 Å². The molecule has 2 aromatic carbocycles. The second-order valence-electron chi connectivity index (χ2n) is 6.12. The molecular weight excluding hydrogens is 470 g/mol. The lowest BCUT2D eigenvalue weighted by atomic mass is 10.2. The molecule has 0 saturated heterocycles. The van der Waals surface area contributed by atoms with E-state index in [-0.39, 0.29) is 17.4 Å². The first-order valence-electron chi connectivity index (χ1n) is 9.03. The Balaban J connectivity index is 1.54. The smallest absolute Gasteiger partial charge is 0.250 e. The number of benzene rings is 2. The number of aromatic nitrogens is 3. The Bertz CT molecular complexity index is 1070. The van der Waals surface area contributed by atoms with Crippen LogP contribution >= 0.6 is 27.7 Å². The Morgan fingerprint density at radius 2 is 2.17 bits per heavy atom. The summed E-state index contributed by atoms with van der Waals surface area (Å²) < 4.78 is 8.06. The van der Waals surface area contributed by atoms with Crippen LogP contribution in [0.3, 0.4) is 0 Å². The van der Waals surface area contributed by atoms with Crippen LogP contribution in [0.25, 0.3) is 11.4 Å². The molecular formula is C20H20BrN5O3S. The van der Waals surface area contributed by atoms with Crippen molar-refractivity contribution in [1.29, 1.82) is 0 Å². The number of amides is 1. The number of carbonyl (C=O) groups is 1. The lowest BCUT2D eigenvalue weighted by Crippen LogP contribution is -2.19. The summed E-state index contributed by atoms with van der Waals surface area (Å²) in [6, 6.07) is 12.7. The monoisotopic (exact) mass is 489 g/mol. The standard InChI is InChI=1S/C20H20BrN5O3S/c1-3-29-17-8-7-13(9-16(17)27)11-22-23-18(28)12-30-20-25-24-19(26(20)2)14-5-4-6-15(21)10-14/h4-11,27H,3,12H2,1-2H3,(H,23,28). The molecule has 2 N–H and O–H groups in total. The van der Waals surface area contributed by atoms with Crippen molar-refractivity contribution < 1.29 is 14.6 Å². The Labute approximate surface area is 186 Å². The van der Waals surface area contributed by atoms with E-state index in [1.54, 1.807) is 12.1 Å². The topological polar surface area (TPSA) is 102 Å². The molecule has 10 heteroatoms. The maximum Gasteiger partial charge on any atom is 0.250 e. The van der Waals surface area contributed by atoms with Gasteiger partial charge >= 0.3 is 0 Å². The molecule has 1 aromatic heterocycles. The molecule has 0 aliphatic carbocycles. The number of hydrogen-bond acceptors (Lipinski definition) is 7. The summed E-state index contributed by atoms with van der Waals surface area (Å²) in [6.45, 7) is 2.30. The molecule has 0 radical (unpaired) electrons. The van der Waals surface area contributed by atoms with Gasteiger partial charge in [-0.1, -0.05) is 39.8 Å². The number of hydrazone groups is 1. The van der Waals surface area contributed by atoms with Crippen molar-refractivity contribution >= 4 is 39.8 Å². The number of hydrogen-bond donors (Lipinski definition) is 2. The molecule has 3 aromatic rings. The van der Waals surface area contributed by atoms with E-state index in [1.165, 1.54) is 24.0 Å². The van der Waals surface area contributed by atoms with Gasteiger partial charge in [-0.05, 0) is 42.8 Å². The van der Waals surface area contributed by atoms with E-state index in [0.29, 0.717) is 28.9 Å². The first kappa shape index (κ1) is 21.8. The average Bonchev–Trinajstić information content (AvgIpc) is 3.09. The predicted octanol–water partition coefficient (Wildman–Crippen LogP) is 3.59. The van der Waals surface area contributed by atoms with Crippen molar-refractivity contribution in [3.8, 4) is 22.9 Å². The highest BCUT2D eigenvalue weighted by Crippen LogP contribution is 2.26. The highest BCUT2D eigenvalue weighted by molar-refractivity contribution is 9.10. The van der Waals surface area contributed by atoms with Crippen LogP contribution in [-0.2, 0) is 11.8 Å². The summed E-state index contributed by atoms with van der Waals surface area (Å²) in [5.41, 5.74) is 4.02. The molecule has 8 nitrogen and oxygen atoms in total. The summed E-state index contributed by atoms with van der Waals surface area (Å²) in [4.78, 5) is 12.1. The third-order valence-electron chi connectivity index (χ3n) is 3.94. The van der Waals surface area contributed by atoms with Gasteiger partial charge in [0.15, 0.2) is 22.5 Å². The van der Waals surface area contributed by atoms with E-state index in [9.17, 15) is 9.90 Å². The van der Waals surface area contributed by atoms with Crippen LogP contribution in [0.4, 0.5) is 0 Å². The number of phenolic OH excluding ortho intramolecular Hbond substituents is 1. The third kappa shape index (κ3) is 5.61. The van der Waals surface area contributed by atoms with E-state index in [2.05, 4.69) is 36.7 Å². The minimum absolute atomic E-state index is 0.0196. The fourth-order valence-corrected chi connectivity index (χ4v) is 3.66. The van der Waals surface area contributed by atoms with Gasteiger partial charge in [-0.25, -0.2) is 5.43 Å². The number of nitrogens with one attached hydrogen (secondary N) is 1. The van der Waals surface area contributed by atoms with Gasteiger partial charge in [0.25, 0.3) is 5.91 Å². The minimum Gasteiger partial charge on any atom is -0.504 e. The summed E-state index contributed by atoms with van der Waals surface area (Å²) >= 11 is 4.71. The fraction of sp³-hybridized carbons (Fsp3) is 0.200. The van der Waals surface area contributed by atoms with Crippen molar-refractivity contribution in [2.45, 2.75) is 12.1 Å². The van der Waals surface area contributed by atoms with Crippen molar-refractivity contribution in [3.05, 3.63) is 52.5 Å². The number of aromatic hydroxyl groups is 1. The number of carbonyl (C=O) groups excluding carboxylic acids is 1. The zero-order valence-corrected chi connectivity index (χ0v) is 18.8.